The molecule has 3 rings (SSSR count). The fourth-order valence-corrected chi connectivity index (χ4v) is 3.67. The minimum absolute atomic E-state index is 0.223. The Labute approximate surface area is 136 Å². The van der Waals surface area contributed by atoms with Crippen LogP contribution < -0.4 is 10.5 Å². The highest BCUT2D eigenvalue weighted by Gasteiger charge is 2.38. The maximum Gasteiger partial charge on any atom is 0.134 e. The number of halogens is 3. The summed E-state index contributed by atoms with van der Waals surface area (Å²) in [6.45, 7) is 1.93. The molecule has 5 heteroatoms. The lowest BCUT2D eigenvalue weighted by Crippen LogP contribution is -2.38. The fourth-order valence-electron chi connectivity index (χ4n) is 2.80. The summed E-state index contributed by atoms with van der Waals surface area (Å²) >= 11 is 9.72. The van der Waals surface area contributed by atoms with Gasteiger partial charge in [0, 0.05) is 39.2 Å². The summed E-state index contributed by atoms with van der Waals surface area (Å²) < 4.78 is 20.4. The molecule has 2 aromatic rings. The van der Waals surface area contributed by atoms with Crippen LogP contribution in [0.15, 0.2) is 40.9 Å². The number of nitrogens with two attached hydrogens (primary N) is 1. The first-order valence-electron chi connectivity index (χ1n) is 6.59. The molecular weight excluding hydrogens is 357 g/mol. The van der Waals surface area contributed by atoms with Gasteiger partial charge in [0.15, 0.2) is 0 Å². The molecule has 0 spiro atoms. The van der Waals surface area contributed by atoms with Gasteiger partial charge in [-0.3, -0.25) is 0 Å². The Morgan fingerprint density at radius 3 is 2.81 bits per heavy atom. The molecule has 2 N–H and O–H groups in total. The topological polar surface area (TPSA) is 35.2 Å². The van der Waals surface area contributed by atoms with Gasteiger partial charge in [-0.2, -0.15) is 0 Å². The first-order chi connectivity index (χ1) is 9.89. The van der Waals surface area contributed by atoms with Crippen molar-refractivity contribution >= 4 is 27.5 Å². The van der Waals surface area contributed by atoms with Crippen molar-refractivity contribution < 1.29 is 9.13 Å². The molecule has 0 aliphatic carbocycles. The van der Waals surface area contributed by atoms with Crippen molar-refractivity contribution in [2.45, 2.75) is 25.0 Å². The number of fused-ring (bicyclic) bond motifs is 1. The maximum absolute atomic E-state index is 13.5. The second kappa shape index (κ2) is 5.27. The number of hydrogen-bond acceptors (Lipinski definition) is 2. The van der Waals surface area contributed by atoms with Crippen molar-refractivity contribution in [1.82, 2.24) is 0 Å². The third-order valence-corrected chi connectivity index (χ3v) is 4.63. The smallest absolute Gasteiger partial charge is 0.134 e. The molecule has 0 radical (unpaired) electrons. The number of rotatable bonds is 1. The van der Waals surface area contributed by atoms with Crippen molar-refractivity contribution in [3.63, 3.8) is 0 Å². The van der Waals surface area contributed by atoms with Crippen molar-refractivity contribution in [1.29, 1.82) is 0 Å². The van der Waals surface area contributed by atoms with E-state index in [9.17, 15) is 4.39 Å². The van der Waals surface area contributed by atoms with Crippen LogP contribution in [-0.2, 0) is 5.60 Å². The summed E-state index contributed by atoms with van der Waals surface area (Å²) in [4.78, 5) is 0. The maximum atomic E-state index is 13.5. The summed E-state index contributed by atoms with van der Waals surface area (Å²) in [6.07, 6.45) is 0.576. The van der Waals surface area contributed by atoms with Crippen LogP contribution in [0.1, 0.15) is 30.5 Å². The van der Waals surface area contributed by atoms with Crippen LogP contribution in [0.4, 0.5) is 4.39 Å². The molecule has 1 aliphatic heterocycles. The number of benzene rings is 2. The molecule has 1 aliphatic rings. The standard InChI is InChI=1S/C16H14BrClFNO/c1-16(12-5-2-9(17)6-13(12)18)8-14(20)11-4-3-10(19)7-15(11)21-16/h2-7,14H,8,20H2,1H3/t14-,16?/m1/s1. The van der Waals surface area contributed by atoms with Crippen molar-refractivity contribution in [2.75, 3.05) is 0 Å². The predicted octanol–water partition coefficient (Wildman–Crippen LogP) is 4.94. The largest absolute Gasteiger partial charge is 0.482 e. The normalized spacial score (nSPS) is 24.3. The Balaban J connectivity index is 2.07. The number of hydrogen-bond donors (Lipinski definition) is 1. The minimum atomic E-state index is -0.683. The summed E-state index contributed by atoms with van der Waals surface area (Å²) in [5.41, 5.74) is 7.22. The summed E-state index contributed by atoms with van der Waals surface area (Å²) in [5.74, 6) is 0.141. The van der Waals surface area contributed by atoms with Crippen LogP contribution in [0.25, 0.3) is 0 Å². The van der Waals surface area contributed by atoms with Crippen LogP contribution in [0, 0.1) is 5.82 Å². The highest BCUT2D eigenvalue weighted by molar-refractivity contribution is 9.10. The van der Waals surface area contributed by atoms with E-state index in [-0.39, 0.29) is 11.9 Å². The lowest BCUT2D eigenvalue weighted by atomic mass is 9.84. The van der Waals surface area contributed by atoms with E-state index in [1.165, 1.54) is 12.1 Å². The molecule has 0 saturated carbocycles. The van der Waals surface area contributed by atoms with Gasteiger partial charge in [0.25, 0.3) is 0 Å². The highest BCUT2D eigenvalue weighted by Crippen LogP contribution is 2.45. The molecule has 1 unspecified atom stereocenters. The van der Waals surface area contributed by atoms with Crippen LogP contribution >= 0.6 is 27.5 Å². The van der Waals surface area contributed by atoms with Crippen LogP contribution in [-0.4, -0.2) is 0 Å². The van der Waals surface area contributed by atoms with Gasteiger partial charge in [0.1, 0.15) is 17.2 Å². The average molecular weight is 371 g/mol. The summed E-state index contributed by atoms with van der Waals surface area (Å²) in [7, 11) is 0. The van der Waals surface area contributed by atoms with Gasteiger partial charge in [-0.15, -0.1) is 0 Å². The van der Waals surface area contributed by atoms with E-state index >= 15 is 0 Å². The van der Waals surface area contributed by atoms with Crippen molar-refractivity contribution in [3.05, 3.63) is 62.8 Å². The van der Waals surface area contributed by atoms with Gasteiger partial charge in [-0.1, -0.05) is 39.7 Å². The lowest BCUT2D eigenvalue weighted by Gasteiger charge is -2.39. The highest BCUT2D eigenvalue weighted by atomic mass is 79.9. The Kier molecular flexibility index (Phi) is 3.72. The van der Waals surface area contributed by atoms with Crippen molar-refractivity contribution in [2.24, 2.45) is 5.73 Å². The molecule has 110 valence electrons. The zero-order valence-electron chi connectivity index (χ0n) is 11.4. The van der Waals surface area contributed by atoms with Gasteiger partial charge in [-0.25, -0.2) is 4.39 Å². The third-order valence-electron chi connectivity index (χ3n) is 3.82. The third kappa shape index (κ3) is 2.68. The molecule has 1 heterocycles. The summed E-state index contributed by atoms with van der Waals surface area (Å²) in [5, 5.41) is 0.596. The van der Waals surface area contributed by atoms with E-state index in [4.69, 9.17) is 22.1 Å². The van der Waals surface area contributed by atoms with Gasteiger partial charge in [0.05, 0.1) is 0 Å². The van der Waals surface area contributed by atoms with E-state index < -0.39 is 5.60 Å². The van der Waals surface area contributed by atoms with Gasteiger partial charge in [-0.05, 0) is 25.1 Å². The van der Waals surface area contributed by atoms with E-state index in [1.807, 2.05) is 25.1 Å². The quantitative estimate of drug-likeness (QED) is 0.771. The van der Waals surface area contributed by atoms with E-state index in [1.54, 1.807) is 6.07 Å². The Morgan fingerprint density at radius 2 is 2.10 bits per heavy atom. The minimum Gasteiger partial charge on any atom is -0.482 e. The number of ether oxygens (including phenoxy) is 1. The molecule has 0 amide bonds. The fraction of sp³-hybridized carbons (Fsp3) is 0.250. The molecular formula is C16H14BrClFNO. The second-order valence-electron chi connectivity index (χ2n) is 5.45. The van der Waals surface area contributed by atoms with Gasteiger partial charge in [0.2, 0.25) is 0 Å². The second-order valence-corrected chi connectivity index (χ2v) is 6.77. The average Bonchev–Trinajstić information content (AvgIpc) is 2.37. The molecule has 2 aromatic carbocycles. The Bertz CT molecular complexity index is 709. The Hall–Kier alpha value is -1.10. The van der Waals surface area contributed by atoms with Crippen LogP contribution in [0.3, 0.4) is 0 Å². The summed E-state index contributed by atoms with van der Waals surface area (Å²) in [6, 6.07) is 9.86. The van der Waals surface area contributed by atoms with E-state index in [0.29, 0.717) is 17.2 Å². The zero-order valence-corrected chi connectivity index (χ0v) is 13.7. The van der Waals surface area contributed by atoms with Gasteiger partial charge >= 0.3 is 0 Å². The van der Waals surface area contributed by atoms with E-state index in [2.05, 4.69) is 15.9 Å². The molecule has 2 atom stereocenters. The lowest BCUT2D eigenvalue weighted by molar-refractivity contribution is 0.0508. The molecule has 0 saturated heterocycles. The first-order valence-corrected chi connectivity index (χ1v) is 7.76. The van der Waals surface area contributed by atoms with Gasteiger partial charge < -0.3 is 10.5 Å². The molecule has 0 fully saturated rings. The predicted molar refractivity (Wildman–Crippen MR) is 85.1 cm³/mol. The molecule has 0 bridgehead atoms. The molecule has 2 nitrogen and oxygen atoms in total. The van der Waals surface area contributed by atoms with Crippen molar-refractivity contribution in [3.8, 4) is 5.75 Å². The van der Waals surface area contributed by atoms with Crippen LogP contribution in [0.5, 0.6) is 5.75 Å². The monoisotopic (exact) mass is 369 g/mol. The van der Waals surface area contributed by atoms with E-state index in [0.717, 1.165) is 15.6 Å². The van der Waals surface area contributed by atoms with Crippen LogP contribution in [0.2, 0.25) is 5.02 Å². The SMILES string of the molecule is CC1(c2ccc(Br)cc2Cl)C[C@@H](N)c2ccc(F)cc2O1. The molecule has 21 heavy (non-hydrogen) atoms. The molecule has 0 aromatic heterocycles. The Morgan fingerprint density at radius 1 is 1.33 bits per heavy atom. The zero-order chi connectivity index (χ0) is 15.2. The first kappa shape index (κ1) is 14.8.